The topological polar surface area (TPSA) is 77.2 Å². The maximum atomic E-state index is 12.1. The van der Waals surface area contributed by atoms with Gasteiger partial charge in [-0.3, -0.25) is 4.79 Å². The highest BCUT2D eigenvalue weighted by atomic mass is 32.2. The van der Waals surface area contributed by atoms with Crippen LogP contribution in [0.5, 0.6) is 5.75 Å². The lowest BCUT2D eigenvalue weighted by molar-refractivity contribution is -0.113. The largest absolute Gasteiger partial charge is 0.484 e. The van der Waals surface area contributed by atoms with Crippen molar-refractivity contribution in [1.29, 1.82) is 0 Å². The average molecular weight is 383 g/mol. The highest BCUT2D eigenvalue weighted by Gasteiger charge is 2.11. The number of nitrogens with one attached hydrogen (secondary N) is 1. The lowest BCUT2D eigenvalue weighted by atomic mass is 10.1. The number of aryl methyl sites for hydroxylation is 2. The van der Waals surface area contributed by atoms with Crippen LogP contribution in [0, 0.1) is 20.8 Å². The molecule has 0 aliphatic carbocycles. The van der Waals surface area contributed by atoms with Gasteiger partial charge in [0.2, 0.25) is 5.91 Å². The van der Waals surface area contributed by atoms with E-state index in [1.165, 1.54) is 11.8 Å². The molecule has 27 heavy (non-hydrogen) atoms. The summed E-state index contributed by atoms with van der Waals surface area (Å²) in [6.45, 7) is 6.20. The van der Waals surface area contributed by atoms with Gasteiger partial charge in [-0.2, -0.15) is 0 Å². The SMILES string of the molecule is Cc1ccc(OCc2nnc(SCC(=O)Nc3cccc(C)c3C)o2)cc1. The summed E-state index contributed by atoms with van der Waals surface area (Å²) in [6, 6.07) is 13.5. The van der Waals surface area contributed by atoms with Crippen LogP contribution < -0.4 is 10.1 Å². The van der Waals surface area contributed by atoms with E-state index in [0.29, 0.717) is 11.1 Å². The maximum Gasteiger partial charge on any atom is 0.277 e. The molecular weight excluding hydrogens is 362 g/mol. The Morgan fingerprint density at radius 3 is 2.67 bits per heavy atom. The Morgan fingerprint density at radius 2 is 1.89 bits per heavy atom. The number of thioether (sulfide) groups is 1. The van der Waals surface area contributed by atoms with Crippen molar-refractivity contribution in [2.75, 3.05) is 11.1 Å². The summed E-state index contributed by atoms with van der Waals surface area (Å²) in [6.07, 6.45) is 0. The van der Waals surface area contributed by atoms with E-state index in [0.717, 1.165) is 28.1 Å². The van der Waals surface area contributed by atoms with Crippen molar-refractivity contribution in [2.45, 2.75) is 32.6 Å². The van der Waals surface area contributed by atoms with Gasteiger partial charge >= 0.3 is 0 Å². The molecule has 0 aliphatic heterocycles. The van der Waals surface area contributed by atoms with E-state index < -0.39 is 0 Å². The molecule has 0 spiro atoms. The fraction of sp³-hybridized carbons (Fsp3) is 0.250. The summed E-state index contributed by atoms with van der Waals surface area (Å²) in [7, 11) is 0. The minimum absolute atomic E-state index is 0.121. The van der Waals surface area contributed by atoms with Gasteiger partial charge in [-0.15, -0.1) is 10.2 Å². The molecule has 0 atom stereocenters. The summed E-state index contributed by atoms with van der Waals surface area (Å²) in [5, 5.41) is 11.1. The van der Waals surface area contributed by atoms with Crippen LogP contribution in [0.2, 0.25) is 0 Å². The highest BCUT2D eigenvalue weighted by Crippen LogP contribution is 2.21. The Morgan fingerprint density at radius 1 is 1.11 bits per heavy atom. The number of amides is 1. The number of hydrogen-bond donors (Lipinski definition) is 1. The van der Waals surface area contributed by atoms with Gasteiger partial charge in [0.1, 0.15) is 5.75 Å². The van der Waals surface area contributed by atoms with Crippen LogP contribution in [0.1, 0.15) is 22.6 Å². The second kappa shape index (κ2) is 8.73. The van der Waals surface area contributed by atoms with Gasteiger partial charge < -0.3 is 14.5 Å². The molecule has 7 heteroatoms. The number of benzene rings is 2. The molecule has 0 radical (unpaired) electrons. The summed E-state index contributed by atoms with van der Waals surface area (Å²) >= 11 is 1.19. The molecule has 1 amide bonds. The quantitative estimate of drug-likeness (QED) is 0.613. The Bertz CT molecular complexity index is 922. The van der Waals surface area contributed by atoms with Gasteiger partial charge in [0.15, 0.2) is 6.61 Å². The first-order chi connectivity index (χ1) is 13.0. The molecule has 3 rings (SSSR count). The van der Waals surface area contributed by atoms with Crippen LogP contribution in [0.15, 0.2) is 52.1 Å². The Hall–Kier alpha value is -2.80. The molecular formula is C20H21N3O3S. The van der Waals surface area contributed by atoms with Gasteiger partial charge in [0.05, 0.1) is 5.75 Å². The van der Waals surface area contributed by atoms with E-state index in [-0.39, 0.29) is 18.3 Å². The summed E-state index contributed by atoms with van der Waals surface area (Å²) in [4.78, 5) is 12.1. The first-order valence-electron chi connectivity index (χ1n) is 8.52. The van der Waals surface area contributed by atoms with E-state index in [1.807, 2.05) is 63.2 Å². The summed E-state index contributed by atoms with van der Waals surface area (Å²) in [5.41, 5.74) is 4.18. The van der Waals surface area contributed by atoms with Gasteiger partial charge in [-0.05, 0) is 50.1 Å². The van der Waals surface area contributed by atoms with E-state index in [2.05, 4.69) is 15.5 Å². The van der Waals surface area contributed by atoms with Gasteiger partial charge in [-0.1, -0.05) is 41.6 Å². The third-order valence-electron chi connectivity index (χ3n) is 4.04. The normalized spacial score (nSPS) is 10.6. The predicted octanol–water partition coefficient (Wildman–Crippen LogP) is 4.30. The molecule has 0 bridgehead atoms. The number of rotatable bonds is 7. The molecule has 140 valence electrons. The number of aromatic nitrogens is 2. The van der Waals surface area contributed by atoms with Gasteiger partial charge in [-0.25, -0.2) is 0 Å². The van der Waals surface area contributed by atoms with Crippen molar-refractivity contribution in [3.8, 4) is 5.75 Å². The van der Waals surface area contributed by atoms with Gasteiger partial charge in [0.25, 0.3) is 11.1 Å². The van der Waals surface area contributed by atoms with Crippen molar-refractivity contribution in [3.05, 3.63) is 65.0 Å². The highest BCUT2D eigenvalue weighted by molar-refractivity contribution is 7.99. The fourth-order valence-electron chi connectivity index (χ4n) is 2.33. The number of anilines is 1. The molecule has 1 aromatic heterocycles. The molecule has 0 aliphatic rings. The lowest BCUT2D eigenvalue weighted by Gasteiger charge is -2.09. The minimum Gasteiger partial charge on any atom is -0.484 e. The number of hydrogen-bond acceptors (Lipinski definition) is 6. The number of carbonyl (C=O) groups excluding carboxylic acids is 1. The Kier molecular flexibility index (Phi) is 6.13. The standard InChI is InChI=1S/C20H21N3O3S/c1-13-7-9-16(10-8-13)25-11-19-22-23-20(26-19)27-12-18(24)21-17-6-4-5-14(2)15(17)3/h4-10H,11-12H2,1-3H3,(H,21,24). The van der Waals surface area contributed by atoms with E-state index in [4.69, 9.17) is 9.15 Å². The molecule has 0 fully saturated rings. The minimum atomic E-state index is -0.121. The second-order valence-electron chi connectivity index (χ2n) is 6.15. The van der Waals surface area contributed by atoms with Crippen LogP contribution >= 0.6 is 11.8 Å². The van der Waals surface area contributed by atoms with Crippen LogP contribution in [0.25, 0.3) is 0 Å². The second-order valence-corrected chi connectivity index (χ2v) is 7.07. The van der Waals surface area contributed by atoms with Gasteiger partial charge in [0, 0.05) is 5.69 Å². The molecule has 0 unspecified atom stereocenters. The van der Waals surface area contributed by atoms with Crippen molar-refractivity contribution < 1.29 is 13.9 Å². The van der Waals surface area contributed by atoms with Crippen molar-refractivity contribution in [2.24, 2.45) is 0 Å². The number of ether oxygens (including phenoxy) is 1. The lowest BCUT2D eigenvalue weighted by Crippen LogP contribution is -2.15. The summed E-state index contributed by atoms with van der Waals surface area (Å²) < 4.78 is 11.1. The van der Waals surface area contributed by atoms with Crippen LogP contribution in [0.3, 0.4) is 0 Å². The maximum absolute atomic E-state index is 12.1. The zero-order chi connectivity index (χ0) is 19.2. The third kappa shape index (κ3) is 5.34. The third-order valence-corrected chi connectivity index (χ3v) is 4.86. The first kappa shape index (κ1) is 19.0. The van der Waals surface area contributed by atoms with E-state index in [1.54, 1.807) is 0 Å². The monoisotopic (exact) mass is 383 g/mol. The number of nitrogens with zero attached hydrogens (tertiary/aromatic N) is 2. The van der Waals surface area contributed by atoms with Crippen molar-refractivity contribution in [3.63, 3.8) is 0 Å². The molecule has 2 aromatic carbocycles. The van der Waals surface area contributed by atoms with E-state index in [9.17, 15) is 4.79 Å². The van der Waals surface area contributed by atoms with Crippen molar-refractivity contribution >= 4 is 23.4 Å². The zero-order valence-electron chi connectivity index (χ0n) is 15.5. The van der Waals surface area contributed by atoms with Crippen LogP contribution in [-0.2, 0) is 11.4 Å². The predicted molar refractivity (Wildman–Crippen MR) is 105 cm³/mol. The van der Waals surface area contributed by atoms with Crippen LogP contribution in [-0.4, -0.2) is 21.9 Å². The Balaban J connectivity index is 1.48. The molecule has 0 saturated carbocycles. The van der Waals surface area contributed by atoms with E-state index >= 15 is 0 Å². The molecule has 1 N–H and O–H groups in total. The van der Waals surface area contributed by atoms with Crippen molar-refractivity contribution in [1.82, 2.24) is 10.2 Å². The smallest absolute Gasteiger partial charge is 0.277 e. The van der Waals surface area contributed by atoms with Crippen LogP contribution in [0.4, 0.5) is 5.69 Å². The Labute approximate surface area is 162 Å². The fourth-order valence-corrected chi connectivity index (χ4v) is 2.91. The summed E-state index contributed by atoms with van der Waals surface area (Å²) in [5.74, 6) is 1.17. The average Bonchev–Trinajstić information content (AvgIpc) is 3.11. The molecule has 1 heterocycles. The molecule has 6 nitrogen and oxygen atoms in total. The number of carbonyl (C=O) groups is 1. The molecule has 3 aromatic rings. The zero-order valence-corrected chi connectivity index (χ0v) is 16.3. The first-order valence-corrected chi connectivity index (χ1v) is 9.50. The molecule has 0 saturated heterocycles.